The number of amides is 3. The molecule has 3 heterocycles. The number of nitrogen functional groups attached to an aromatic ring is 1. The lowest BCUT2D eigenvalue weighted by atomic mass is 10.1. The lowest BCUT2D eigenvalue weighted by Crippen LogP contribution is -2.40. The minimum absolute atomic E-state index is 0.0821. The highest BCUT2D eigenvalue weighted by Gasteiger charge is 2.29. The Balaban J connectivity index is 1.65. The average molecular weight is 507 g/mol. The number of likely N-dealkylation sites (tertiary alicyclic amines) is 1. The molecule has 1 aromatic carbocycles. The van der Waals surface area contributed by atoms with Crippen molar-refractivity contribution in [1.29, 1.82) is 0 Å². The van der Waals surface area contributed by atoms with Gasteiger partial charge in [-0.3, -0.25) is 9.59 Å². The third-order valence-electron chi connectivity index (χ3n) is 6.23. The fourth-order valence-electron chi connectivity index (χ4n) is 4.44. The number of piperidine rings is 1. The summed E-state index contributed by atoms with van der Waals surface area (Å²) in [6, 6.07) is 3.23. The first kappa shape index (κ1) is 25.6. The molecule has 0 radical (unpaired) electrons. The minimum atomic E-state index is -0.494. The number of carbonyl (C=O) groups excluding carboxylic acids is 3. The molecule has 0 bridgehead atoms. The summed E-state index contributed by atoms with van der Waals surface area (Å²) < 4.78 is 7.11. The zero-order chi connectivity index (χ0) is 26.9. The molecule has 1 atom stereocenters. The number of aromatic nitrogens is 4. The number of benzene rings is 1. The van der Waals surface area contributed by atoms with Crippen molar-refractivity contribution in [1.82, 2.24) is 29.5 Å². The minimum Gasteiger partial charge on any atom is -0.410 e. The van der Waals surface area contributed by atoms with Crippen molar-refractivity contribution in [2.45, 2.75) is 32.7 Å². The molecule has 0 aliphatic carbocycles. The van der Waals surface area contributed by atoms with Crippen LogP contribution in [0.3, 0.4) is 0 Å². The highest BCUT2D eigenvalue weighted by molar-refractivity contribution is 6.13. The highest BCUT2D eigenvalue weighted by atomic mass is 16.6. The van der Waals surface area contributed by atoms with E-state index in [2.05, 4.69) is 27.0 Å². The lowest BCUT2D eigenvalue weighted by Gasteiger charge is -2.32. The van der Waals surface area contributed by atoms with Crippen molar-refractivity contribution in [3.05, 3.63) is 47.9 Å². The van der Waals surface area contributed by atoms with E-state index >= 15 is 0 Å². The van der Waals surface area contributed by atoms with E-state index in [9.17, 15) is 14.4 Å². The average Bonchev–Trinajstić information content (AvgIpc) is 3.27. The first-order valence-electron chi connectivity index (χ1n) is 11.8. The molecule has 0 spiro atoms. The number of nitrogens with two attached hydrogens (primary N) is 1. The third kappa shape index (κ3) is 5.08. The van der Waals surface area contributed by atoms with Gasteiger partial charge in [0.1, 0.15) is 17.9 Å². The Labute approximate surface area is 214 Å². The molecule has 0 saturated carbocycles. The Kier molecular flexibility index (Phi) is 7.09. The molecule has 1 aliphatic heterocycles. The number of anilines is 2. The Morgan fingerprint density at radius 1 is 1.22 bits per heavy atom. The molecular formula is C25H30N8O4. The van der Waals surface area contributed by atoms with E-state index < -0.39 is 12.0 Å². The van der Waals surface area contributed by atoms with Gasteiger partial charge in [0.15, 0.2) is 11.3 Å². The summed E-state index contributed by atoms with van der Waals surface area (Å²) in [6.07, 6.45) is 3.66. The second-order valence-corrected chi connectivity index (χ2v) is 9.19. The molecular weight excluding hydrogens is 476 g/mol. The van der Waals surface area contributed by atoms with E-state index in [1.807, 2.05) is 0 Å². The van der Waals surface area contributed by atoms with E-state index in [1.165, 1.54) is 17.3 Å². The maximum Gasteiger partial charge on any atom is 0.414 e. The predicted molar refractivity (Wildman–Crippen MR) is 138 cm³/mol. The van der Waals surface area contributed by atoms with Crippen molar-refractivity contribution in [3.63, 3.8) is 0 Å². The first-order chi connectivity index (χ1) is 17.6. The van der Waals surface area contributed by atoms with Crippen LogP contribution in [0.15, 0.2) is 31.1 Å². The number of nitrogens with one attached hydrogen (secondary N) is 1. The van der Waals surface area contributed by atoms with E-state index in [1.54, 1.807) is 49.7 Å². The van der Waals surface area contributed by atoms with Crippen LogP contribution in [0.4, 0.5) is 16.3 Å². The zero-order valence-corrected chi connectivity index (χ0v) is 21.3. The van der Waals surface area contributed by atoms with Gasteiger partial charge in [0.05, 0.1) is 11.4 Å². The van der Waals surface area contributed by atoms with Crippen molar-refractivity contribution in [3.8, 4) is 5.75 Å². The highest BCUT2D eigenvalue weighted by Crippen LogP contribution is 2.31. The summed E-state index contributed by atoms with van der Waals surface area (Å²) in [5.74, 6) is -0.0785. The molecule has 3 aromatic rings. The van der Waals surface area contributed by atoms with Crippen LogP contribution in [-0.2, 0) is 4.79 Å². The predicted octanol–water partition coefficient (Wildman–Crippen LogP) is 2.69. The summed E-state index contributed by atoms with van der Waals surface area (Å²) >= 11 is 0. The maximum atomic E-state index is 13.4. The van der Waals surface area contributed by atoms with Crippen LogP contribution in [-0.4, -0.2) is 74.6 Å². The van der Waals surface area contributed by atoms with Gasteiger partial charge in [-0.25, -0.2) is 19.4 Å². The molecule has 1 saturated heterocycles. The molecule has 4 rings (SSSR count). The van der Waals surface area contributed by atoms with Gasteiger partial charge in [-0.1, -0.05) is 6.58 Å². The van der Waals surface area contributed by atoms with Crippen LogP contribution in [0.2, 0.25) is 0 Å². The second-order valence-electron chi connectivity index (χ2n) is 9.19. The molecule has 194 valence electrons. The monoisotopic (exact) mass is 506 g/mol. The van der Waals surface area contributed by atoms with Gasteiger partial charge >= 0.3 is 6.09 Å². The number of rotatable bonds is 5. The molecule has 12 nitrogen and oxygen atoms in total. The fourth-order valence-corrected chi connectivity index (χ4v) is 4.44. The quantitative estimate of drug-likeness (QED) is 0.502. The van der Waals surface area contributed by atoms with Crippen molar-refractivity contribution < 1.29 is 19.1 Å². The van der Waals surface area contributed by atoms with Gasteiger partial charge in [0, 0.05) is 32.9 Å². The first-order valence-corrected chi connectivity index (χ1v) is 11.8. The number of aryl methyl sites for hydroxylation is 2. The molecule has 1 aliphatic rings. The number of carbonyl (C=O) groups is 3. The number of nitrogens with zero attached hydrogens (tertiary/aromatic N) is 6. The van der Waals surface area contributed by atoms with Gasteiger partial charge in [-0.2, -0.15) is 5.10 Å². The summed E-state index contributed by atoms with van der Waals surface area (Å²) in [7, 11) is 3.20. The van der Waals surface area contributed by atoms with Crippen LogP contribution in [0.1, 0.15) is 40.5 Å². The molecule has 3 amide bonds. The molecule has 12 heteroatoms. The van der Waals surface area contributed by atoms with Crippen molar-refractivity contribution in [2.75, 3.05) is 38.2 Å². The van der Waals surface area contributed by atoms with Crippen LogP contribution in [0, 0.1) is 13.8 Å². The molecule has 2 aromatic heterocycles. The molecule has 3 N–H and O–H groups in total. The molecule has 0 unspecified atom stereocenters. The normalized spacial score (nSPS) is 15.4. The van der Waals surface area contributed by atoms with Crippen LogP contribution in [0.25, 0.3) is 11.0 Å². The van der Waals surface area contributed by atoms with Crippen LogP contribution in [0.5, 0.6) is 5.75 Å². The summed E-state index contributed by atoms with van der Waals surface area (Å²) in [5, 5.41) is 7.80. The fraction of sp³-hybridized carbons (Fsp3) is 0.360. The van der Waals surface area contributed by atoms with Gasteiger partial charge in [0.2, 0.25) is 5.91 Å². The Hall–Kier alpha value is -4.48. The number of ether oxygens (including phenoxy) is 1. The summed E-state index contributed by atoms with van der Waals surface area (Å²) in [4.78, 5) is 49.0. The van der Waals surface area contributed by atoms with Gasteiger partial charge in [-0.05, 0) is 56.0 Å². The largest absolute Gasteiger partial charge is 0.414 e. The van der Waals surface area contributed by atoms with Gasteiger partial charge in [-0.15, -0.1) is 0 Å². The van der Waals surface area contributed by atoms with E-state index in [4.69, 9.17) is 10.5 Å². The SMILES string of the molecule is C=CC(=O)N1CCC[C@@H](n2nc(C(=O)Nc3cc(C)c(OC(=O)N(C)C)c(C)c3)c3c(N)ncnc32)C1. The van der Waals surface area contributed by atoms with Crippen LogP contribution >= 0.6 is 0 Å². The van der Waals surface area contributed by atoms with E-state index in [-0.39, 0.29) is 23.5 Å². The van der Waals surface area contributed by atoms with Crippen molar-refractivity contribution in [2.24, 2.45) is 0 Å². The van der Waals surface area contributed by atoms with Crippen molar-refractivity contribution >= 4 is 40.4 Å². The second kappa shape index (κ2) is 10.2. The standard InChI is InChI=1S/C25H30N8O4/c1-6-18(34)32-9-7-8-17(12-32)33-23-19(22(26)27-13-28-23)20(30-33)24(35)29-16-10-14(2)21(15(3)11-16)37-25(36)31(4)5/h6,10-11,13,17H,1,7-9,12H2,2-5H3,(H,29,35)(H2,26,27,28)/t17-/m1/s1. The number of hydrogen-bond donors (Lipinski definition) is 2. The van der Waals surface area contributed by atoms with E-state index in [0.717, 1.165) is 12.8 Å². The van der Waals surface area contributed by atoms with Crippen LogP contribution < -0.4 is 15.8 Å². The smallest absolute Gasteiger partial charge is 0.410 e. The number of hydrogen-bond acceptors (Lipinski definition) is 8. The van der Waals surface area contributed by atoms with Gasteiger partial charge in [0.25, 0.3) is 5.91 Å². The van der Waals surface area contributed by atoms with E-state index in [0.29, 0.717) is 46.7 Å². The summed E-state index contributed by atoms with van der Waals surface area (Å²) in [5.41, 5.74) is 8.52. The molecule has 1 fully saturated rings. The Bertz CT molecular complexity index is 1370. The zero-order valence-electron chi connectivity index (χ0n) is 21.3. The Morgan fingerprint density at radius 2 is 1.92 bits per heavy atom. The molecule has 37 heavy (non-hydrogen) atoms. The topological polar surface area (TPSA) is 149 Å². The number of fused-ring (bicyclic) bond motifs is 1. The third-order valence-corrected chi connectivity index (χ3v) is 6.23. The maximum absolute atomic E-state index is 13.4. The lowest BCUT2D eigenvalue weighted by molar-refractivity contribution is -0.127. The Morgan fingerprint density at radius 3 is 2.57 bits per heavy atom. The van der Waals surface area contributed by atoms with Gasteiger partial charge < -0.3 is 25.6 Å². The summed E-state index contributed by atoms with van der Waals surface area (Å²) in [6.45, 7) is 8.19.